The maximum absolute atomic E-state index is 5.79. The van der Waals surface area contributed by atoms with Gasteiger partial charge >= 0.3 is 0 Å². The smallest absolute Gasteiger partial charge is 0.140 e. The zero-order chi connectivity index (χ0) is 14.5. The van der Waals surface area contributed by atoms with E-state index in [2.05, 4.69) is 36.3 Å². The number of ether oxygens (including phenoxy) is 1. The second-order valence-electron chi connectivity index (χ2n) is 4.86. The summed E-state index contributed by atoms with van der Waals surface area (Å²) in [6, 6.07) is 8.72. The zero-order valence-electron chi connectivity index (χ0n) is 12.6. The average Bonchev–Trinajstić information content (AvgIpc) is 2.78. The van der Waals surface area contributed by atoms with Gasteiger partial charge in [-0.1, -0.05) is 19.1 Å². The molecule has 1 unspecified atom stereocenters. The van der Waals surface area contributed by atoms with Crippen molar-refractivity contribution in [2.75, 3.05) is 7.05 Å². The average molecular weight is 290 g/mol. The maximum Gasteiger partial charge on any atom is 0.140 e. The summed E-state index contributed by atoms with van der Waals surface area (Å²) in [5.41, 5.74) is 2.40. The first kappa shape index (κ1) is 15.0. The molecule has 0 spiro atoms. The lowest BCUT2D eigenvalue weighted by Crippen LogP contribution is -2.14. The van der Waals surface area contributed by atoms with Crippen LogP contribution in [0.1, 0.15) is 40.5 Å². The molecule has 1 aromatic heterocycles. The highest BCUT2D eigenvalue weighted by atomic mass is 32.1. The highest BCUT2D eigenvalue weighted by molar-refractivity contribution is 7.11. The molecule has 2 aromatic rings. The van der Waals surface area contributed by atoms with Crippen molar-refractivity contribution in [3.63, 3.8) is 0 Å². The lowest BCUT2D eigenvalue weighted by Gasteiger charge is -2.14. The first-order valence-corrected chi connectivity index (χ1v) is 7.78. The molecule has 0 aliphatic carbocycles. The number of hydrogen-bond donors (Lipinski definition) is 1. The van der Waals surface area contributed by atoms with Crippen molar-refractivity contribution in [2.45, 2.75) is 39.8 Å². The molecule has 2 rings (SSSR count). The zero-order valence-corrected chi connectivity index (χ0v) is 13.4. The number of aromatic nitrogens is 1. The minimum atomic E-state index is 0.410. The van der Waals surface area contributed by atoms with E-state index in [-0.39, 0.29) is 0 Å². The van der Waals surface area contributed by atoms with Gasteiger partial charge in [0.2, 0.25) is 0 Å². The van der Waals surface area contributed by atoms with Crippen LogP contribution in [-0.4, -0.2) is 12.0 Å². The third-order valence-corrected chi connectivity index (χ3v) is 4.52. The van der Waals surface area contributed by atoms with Crippen molar-refractivity contribution in [2.24, 2.45) is 0 Å². The highest BCUT2D eigenvalue weighted by Crippen LogP contribution is 2.22. The predicted molar refractivity (Wildman–Crippen MR) is 84.5 cm³/mol. The number of nitrogens with zero attached hydrogens (tertiary/aromatic N) is 1. The highest BCUT2D eigenvalue weighted by Gasteiger charge is 2.07. The largest absolute Gasteiger partial charge is 0.486 e. The fourth-order valence-corrected chi connectivity index (χ4v) is 3.00. The second-order valence-corrected chi connectivity index (χ2v) is 6.14. The number of nitrogens with one attached hydrogen (secondary N) is 1. The van der Waals surface area contributed by atoms with Gasteiger partial charge in [-0.05, 0) is 45.0 Å². The van der Waals surface area contributed by atoms with Crippen molar-refractivity contribution in [3.8, 4) is 5.75 Å². The van der Waals surface area contributed by atoms with E-state index in [0.717, 1.165) is 22.9 Å². The molecular weight excluding hydrogens is 268 g/mol. The van der Waals surface area contributed by atoms with Gasteiger partial charge in [0.05, 0.1) is 5.69 Å². The van der Waals surface area contributed by atoms with Crippen molar-refractivity contribution in [1.82, 2.24) is 10.3 Å². The van der Waals surface area contributed by atoms with E-state index < -0.39 is 0 Å². The molecule has 0 radical (unpaired) electrons. The van der Waals surface area contributed by atoms with Crippen LogP contribution in [0.15, 0.2) is 24.3 Å². The Hall–Kier alpha value is -1.39. The summed E-state index contributed by atoms with van der Waals surface area (Å²) in [4.78, 5) is 5.74. The van der Waals surface area contributed by atoms with Crippen LogP contribution in [0.4, 0.5) is 0 Å². The Bertz CT molecular complexity index is 525. The van der Waals surface area contributed by atoms with Crippen molar-refractivity contribution < 1.29 is 4.74 Å². The Morgan fingerprint density at radius 2 is 1.95 bits per heavy atom. The molecule has 20 heavy (non-hydrogen) atoms. The van der Waals surface area contributed by atoms with Crippen LogP contribution in [0.3, 0.4) is 0 Å². The van der Waals surface area contributed by atoms with Gasteiger partial charge in [-0.15, -0.1) is 11.3 Å². The Balaban J connectivity index is 1.97. The molecule has 4 heteroatoms. The van der Waals surface area contributed by atoms with E-state index >= 15 is 0 Å². The summed E-state index contributed by atoms with van der Waals surface area (Å²) in [6.45, 7) is 6.85. The van der Waals surface area contributed by atoms with Crippen LogP contribution in [0.5, 0.6) is 5.75 Å². The van der Waals surface area contributed by atoms with Gasteiger partial charge in [0.15, 0.2) is 0 Å². The van der Waals surface area contributed by atoms with Gasteiger partial charge in [0, 0.05) is 10.9 Å². The van der Waals surface area contributed by atoms with E-state index in [1.807, 2.05) is 26.1 Å². The lowest BCUT2D eigenvalue weighted by atomic mass is 10.1. The molecule has 108 valence electrons. The number of thiazole rings is 1. The normalized spacial score (nSPS) is 12.4. The van der Waals surface area contributed by atoms with Crippen molar-refractivity contribution in [1.29, 1.82) is 0 Å². The minimum Gasteiger partial charge on any atom is -0.486 e. The molecule has 1 aromatic carbocycles. The fourth-order valence-electron chi connectivity index (χ4n) is 2.15. The van der Waals surface area contributed by atoms with Crippen molar-refractivity contribution >= 4 is 11.3 Å². The van der Waals surface area contributed by atoms with E-state index in [9.17, 15) is 0 Å². The number of aryl methyl sites for hydroxylation is 2. The number of benzene rings is 1. The monoisotopic (exact) mass is 290 g/mol. The maximum atomic E-state index is 5.79. The van der Waals surface area contributed by atoms with Gasteiger partial charge in [0.25, 0.3) is 0 Å². The number of hydrogen-bond acceptors (Lipinski definition) is 4. The molecule has 1 atom stereocenters. The van der Waals surface area contributed by atoms with Gasteiger partial charge in [-0.3, -0.25) is 0 Å². The Morgan fingerprint density at radius 1 is 1.25 bits per heavy atom. The van der Waals surface area contributed by atoms with E-state index in [1.165, 1.54) is 10.4 Å². The molecule has 0 amide bonds. The summed E-state index contributed by atoms with van der Waals surface area (Å²) in [7, 11) is 1.99. The quantitative estimate of drug-likeness (QED) is 0.873. The van der Waals surface area contributed by atoms with Crippen LogP contribution in [-0.2, 0) is 6.61 Å². The molecule has 0 saturated heterocycles. The third kappa shape index (κ3) is 3.58. The molecule has 3 nitrogen and oxygen atoms in total. The lowest BCUT2D eigenvalue weighted by molar-refractivity contribution is 0.305. The number of rotatable bonds is 6. The van der Waals surface area contributed by atoms with Gasteiger partial charge in [0.1, 0.15) is 17.4 Å². The van der Waals surface area contributed by atoms with Gasteiger partial charge < -0.3 is 10.1 Å². The standard InChI is InChI=1S/C16H22N2OS/c1-5-15(17-4)13-6-8-14(9-7-13)19-10-16-18-11(2)12(3)20-16/h6-9,15,17H,5,10H2,1-4H3. The van der Waals surface area contributed by atoms with Crippen LogP contribution in [0, 0.1) is 13.8 Å². The van der Waals surface area contributed by atoms with Gasteiger partial charge in [-0.2, -0.15) is 0 Å². The van der Waals surface area contributed by atoms with Crippen LogP contribution in [0.25, 0.3) is 0 Å². The minimum absolute atomic E-state index is 0.410. The molecule has 0 fully saturated rings. The third-order valence-electron chi connectivity index (χ3n) is 3.47. The molecule has 1 N–H and O–H groups in total. The Kier molecular flexibility index (Phi) is 5.15. The molecule has 0 saturated carbocycles. The van der Waals surface area contributed by atoms with E-state index in [1.54, 1.807) is 11.3 Å². The summed E-state index contributed by atoms with van der Waals surface area (Å²) >= 11 is 1.70. The molecule has 0 bridgehead atoms. The summed E-state index contributed by atoms with van der Waals surface area (Å²) in [6.07, 6.45) is 1.08. The van der Waals surface area contributed by atoms with E-state index in [4.69, 9.17) is 4.74 Å². The van der Waals surface area contributed by atoms with Crippen molar-refractivity contribution in [3.05, 3.63) is 45.4 Å². The molecule has 1 heterocycles. The van der Waals surface area contributed by atoms with Crippen LogP contribution < -0.4 is 10.1 Å². The van der Waals surface area contributed by atoms with Crippen LogP contribution in [0.2, 0.25) is 0 Å². The molecular formula is C16H22N2OS. The van der Waals surface area contributed by atoms with Crippen LogP contribution >= 0.6 is 11.3 Å². The SMILES string of the molecule is CCC(NC)c1ccc(OCc2nc(C)c(C)s2)cc1. The summed E-state index contributed by atoms with van der Waals surface area (Å²) in [5, 5.41) is 4.34. The molecule has 0 aliphatic heterocycles. The molecule has 0 aliphatic rings. The first-order chi connectivity index (χ1) is 9.63. The Morgan fingerprint density at radius 3 is 2.45 bits per heavy atom. The Labute approximate surface area is 125 Å². The summed E-state index contributed by atoms with van der Waals surface area (Å²) in [5.74, 6) is 0.894. The summed E-state index contributed by atoms with van der Waals surface area (Å²) < 4.78 is 5.79. The predicted octanol–water partition coefficient (Wildman–Crippen LogP) is 4.01. The second kappa shape index (κ2) is 6.86. The fraction of sp³-hybridized carbons (Fsp3) is 0.438. The van der Waals surface area contributed by atoms with Gasteiger partial charge in [-0.25, -0.2) is 4.98 Å². The van der Waals surface area contributed by atoms with E-state index in [0.29, 0.717) is 12.6 Å². The first-order valence-electron chi connectivity index (χ1n) is 6.97. The topological polar surface area (TPSA) is 34.1 Å².